The first-order valence-electron chi connectivity index (χ1n) is 4.39. The van der Waals surface area contributed by atoms with Crippen molar-refractivity contribution < 1.29 is 4.79 Å². The van der Waals surface area contributed by atoms with Gasteiger partial charge in [-0.25, -0.2) is 0 Å². The maximum absolute atomic E-state index is 11.4. The summed E-state index contributed by atoms with van der Waals surface area (Å²) in [6, 6.07) is 6.14. The molecular weight excluding hydrogens is 212 g/mol. The molecule has 3 nitrogen and oxygen atoms in total. The molecule has 0 spiro atoms. The Hall–Kier alpha value is -1.50. The minimum atomic E-state index is -0.686. The molecule has 1 amide bonds. The zero-order valence-electron chi connectivity index (χ0n) is 8.03. The molecule has 4 heteroatoms. The molecule has 1 aromatic rings. The molecule has 78 valence electrons. The van der Waals surface area contributed by atoms with Crippen molar-refractivity contribution in [3.8, 4) is 12.3 Å². The number of nitrogens with two attached hydrogens (primary N) is 1. The van der Waals surface area contributed by atoms with Crippen LogP contribution in [0.2, 0.25) is 5.02 Å². The van der Waals surface area contributed by atoms with Crippen molar-refractivity contribution in [1.82, 2.24) is 0 Å². The zero-order valence-corrected chi connectivity index (χ0v) is 8.79. The summed E-state index contributed by atoms with van der Waals surface area (Å²) in [5.41, 5.74) is 6.14. The van der Waals surface area contributed by atoms with E-state index >= 15 is 0 Å². The number of nitrogens with one attached hydrogen (secondary N) is 1. The van der Waals surface area contributed by atoms with Crippen LogP contribution in [0.1, 0.15) is 6.42 Å². The Morgan fingerprint density at radius 2 is 2.40 bits per heavy atom. The van der Waals surface area contributed by atoms with Gasteiger partial charge in [0.15, 0.2) is 0 Å². The van der Waals surface area contributed by atoms with Crippen LogP contribution < -0.4 is 11.1 Å². The highest BCUT2D eigenvalue weighted by Gasteiger charge is 2.11. The van der Waals surface area contributed by atoms with Crippen LogP contribution in [0.5, 0.6) is 0 Å². The van der Waals surface area contributed by atoms with Gasteiger partial charge in [0.25, 0.3) is 0 Å². The van der Waals surface area contributed by atoms with E-state index in [1.165, 1.54) is 0 Å². The van der Waals surface area contributed by atoms with Crippen LogP contribution in [-0.2, 0) is 4.79 Å². The monoisotopic (exact) mass is 222 g/mol. The second-order valence-corrected chi connectivity index (χ2v) is 3.45. The van der Waals surface area contributed by atoms with E-state index in [0.29, 0.717) is 10.7 Å². The van der Waals surface area contributed by atoms with Crippen molar-refractivity contribution in [3.05, 3.63) is 29.3 Å². The van der Waals surface area contributed by atoms with Crippen LogP contribution in [0.4, 0.5) is 5.69 Å². The van der Waals surface area contributed by atoms with E-state index in [1.54, 1.807) is 24.3 Å². The smallest absolute Gasteiger partial charge is 0.242 e. The zero-order chi connectivity index (χ0) is 11.3. The SMILES string of the molecule is C#CCC(N)C(=O)Nc1cccc(Cl)c1. The first kappa shape index (κ1) is 11.6. The average Bonchev–Trinajstić information content (AvgIpc) is 2.18. The van der Waals surface area contributed by atoms with Crippen molar-refractivity contribution in [1.29, 1.82) is 0 Å². The fraction of sp³-hybridized carbons (Fsp3) is 0.182. The molecule has 1 rings (SSSR count). The van der Waals surface area contributed by atoms with Gasteiger partial charge in [0, 0.05) is 17.1 Å². The van der Waals surface area contributed by atoms with Crippen LogP contribution in [-0.4, -0.2) is 11.9 Å². The summed E-state index contributed by atoms with van der Waals surface area (Å²) in [6.45, 7) is 0. The number of hydrogen-bond acceptors (Lipinski definition) is 2. The topological polar surface area (TPSA) is 55.1 Å². The number of terminal acetylenes is 1. The third-order valence-electron chi connectivity index (χ3n) is 1.77. The van der Waals surface area contributed by atoms with Gasteiger partial charge in [0.2, 0.25) is 5.91 Å². The molecule has 0 aliphatic carbocycles. The molecule has 1 aromatic carbocycles. The van der Waals surface area contributed by atoms with E-state index in [0.717, 1.165) is 0 Å². The van der Waals surface area contributed by atoms with E-state index in [9.17, 15) is 4.79 Å². The second kappa shape index (κ2) is 5.40. The van der Waals surface area contributed by atoms with Crippen molar-refractivity contribution in [2.45, 2.75) is 12.5 Å². The van der Waals surface area contributed by atoms with Gasteiger partial charge in [-0.3, -0.25) is 4.79 Å². The van der Waals surface area contributed by atoms with Crippen molar-refractivity contribution in [2.75, 3.05) is 5.32 Å². The average molecular weight is 223 g/mol. The quantitative estimate of drug-likeness (QED) is 0.764. The molecule has 0 aromatic heterocycles. The molecule has 0 saturated carbocycles. The standard InChI is InChI=1S/C11H11ClN2O/c1-2-4-10(13)11(15)14-9-6-3-5-8(12)7-9/h1,3,5-7,10H,4,13H2,(H,14,15). The van der Waals surface area contributed by atoms with Gasteiger partial charge in [0.05, 0.1) is 6.04 Å². The highest BCUT2D eigenvalue weighted by atomic mass is 35.5. The summed E-state index contributed by atoms with van der Waals surface area (Å²) >= 11 is 5.75. The van der Waals surface area contributed by atoms with Crippen LogP contribution in [0.3, 0.4) is 0 Å². The Balaban J connectivity index is 2.63. The van der Waals surface area contributed by atoms with Gasteiger partial charge < -0.3 is 11.1 Å². The third-order valence-corrected chi connectivity index (χ3v) is 2.00. The number of carbonyl (C=O) groups excluding carboxylic acids is 1. The number of benzene rings is 1. The summed E-state index contributed by atoms with van der Waals surface area (Å²) in [6.07, 6.45) is 5.27. The van der Waals surface area contributed by atoms with Crippen molar-refractivity contribution >= 4 is 23.2 Å². The fourth-order valence-corrected chi connectivity index (χ4v) is 1.21. The van der Waals surface area contributed by atoms with Gasteiger partial charge in [-0.2, -0.15) is 0 Å². The van der Waals surface area contributed by atoms with Gasteiger partial charge >= 0.3 is 0 Å². The molecule has 0 heterocycles. The summed E-state index contributed by atoms with van der Waals surface area (Å²) < 4.78 is 0. The molecular formula is C11H11ClN2O. The molecule has 0 radical (unpaired) electrons. The first-order chi connectivity index (χ1) is 7.13. The summed E-state index contributed by atoms with van der Waals surface area (Å²) in [7, 11) is 0. The van der Waals surface area contributed by atoms with E-state index in [2.05, 4.69) is 11.2 Å². The van der Waals surface area contributed by atoms with E-state index < -0.39 is 6.04 Å². The Labute approximate surface area is 93.6 Å². The van der Waals surface area contributed by atoms with Crippen LogP contribution in [0, 0.1) is 12.3 Å². The van der Waals surface area contributed by atoms with Crippen LogP contribution >= 0.6 is 11.6 Å². The largest absolute Gasteiger partial charge is 0.325 e. The first-order valence-corrected chi connectivity index (χ1v) is 4.76. The number of halogens is 1. The third kappa shape index (κ3) is 3.62. The highest BCUT2D eigenvalue weighted by molar-refractivity contribution is 6.30. The molecule has 1 atom stereocenters. The minimum Gasteiger partial charge on any atom is -0.325 e. The van der Waals surface area contributed by atoms with Gasteiger partial charge in [-0.1, -0.05) is 17.7 Å². The highest BCUT2D eigenvalue weighted by Crippen LogP contribution is 2.14. The van der Waals surface area contributed by atoms with E-state index in [1.807, 2.05) is 0 Å². The van der Waals surface area contributed by atoms with Gasteiger partial charge in [0.1, 0.15) is 0 Å². The normalized spacial score (nSPS) is 11.5. The van der Waals surface area contributed by atoms with E-state index in [-0.39, 0.29) is 12.3 Å². The maximum atomic E-state index is 11.4. The van der Waals surface area contributed by atoms with Crippen LogP contribution in [0.25, 0.3) is 0 Å². The van der Waals surface area contributed by atoms with E-state index in [4.69, 9.17) is 23.8 Å². The Bertz CT molecular complexity index is 398. The molecule has 0 saturated heterocycles. The molecule has 0 bridgehead atoms. The molecule has 0 aliphatic heterocycles. The second-order valence-electron chi connectivity index (χ2n) is 3.01. The number of anilines is 1. The number of rotatable bonds is 3. The lowest BCUT2D eigenvalue weighted by atomic mass is 10.2. The molecule has 0 aliphatic rings. The predicted octanol–water partition coefficient (Wildman–Crippen LogP) is 1.63. The summed E-state index contributed by atoms with van der Waals surface area (Å²) in [4.78, 5) is 11.4. The molecule has 0 fully saturated rings. The number of carbonyl (C=O) groups is 1. The summed E-state index contributed by atoms with van der Waals surface area (Å²) in [5, 5.41) is 3.18. The lowest BCUT2D eigenvalue weighted by Gasteiger charge is -2.09. The predicted molar refractivity (Wildman–Crippen MR) is 61.5 cm³/mol. The van der Waals surface area contributed by atoms with Gasteiger partial charge in [-0.15, -0.1) is 12.3 Å². The Kier molecular flexibility index (Phi) is 4.17. The molecule has 15 heavy (non-hydrogen) atoms. The molecule has 1 unspecified atom stereocenters. The number of amides is 1. The van der Waals surface area contributed by atoms with Crippen LogP contribution in [0.15, 0.2) is 24.3 Å². The lowest BCUT2D eigenvalue weighted by Crippen LogP contribution is -2.35. The molecule has 3 N–H and O–H groups in total. The van der Waals surface area contributed by atoms with Gasteiger partial charge in [-0.05, 0) is 18.2 Å². The Morgan fingerprint density at radius 1 is 1.67 bits per heavy atom. The lowest BCUT2D eigenvalue weighted by molar-refractivity contribution is -0.117. The van der Waals surface area contributed by atoms with Crippen molar-refractivity contribution in [2.24, 2.45) is 5.73 Å². The maximum Gasteiger partial charge on any atom is 0.242 e. The van der Waals surface area contributed by atoms with Crippen molar-refractivity contribution in [3.63, 3.8) is 0 Å². The fourth-order valence-electron chi connectivity index (χ4n) is 1.02. The Morgan fingerprint density at radius 3 is 3.00 bits per heavy atom. The minimum absolute atomic E-state index is 0.215. The summed E-state index contributed by atoms with van der Waals surface area (Å²) in [5.74, 6) is 2.02. The number of hydrogen-bond donors (Lipinski definition) is 2.